The molecule has 0 saturated heterocycles. The zero-order chi connectivity index (χ0) is 22.3. The van der Waals surface area contributed by atoms with Crippen molar-refractivity contribution in [3.8, 4) is 11.4 Å². The van der Waals surface area contributed by atoms with Gasteiger partial charge in [0.15, 0.2) is 0 Å². The van der Waals surface area contributed by atoms with Gasteiger partial charge in [0.05, 0.1) is 22.3 Å². The number of nitrogens with zero attached hydrogens (tertiary/aromatic N) is 3. The van der Waals surface area contributed by atoms with Crippen molar-refractivity contribution < 1.29 is 13.2 Å². The molecule has 1 aliphatic rings. The Morgan fingerprint density at radius 2 is 1.81 bits per heavy atom. The standard InChI is InChI=1S/C24H19F3N4O/c25-24(26,27)17-7-5-15(6-8-17)22-29-21-10-12-31(14-19(21)23(32)30-22)13-16-9-11-28-20-4-2-1-3-18(16)20/h1-9,11H,10,12-14H2,(H,29,30,32). The van der Waals surface area contributed by atoms with E-state index in [0.717, 1.165) is 35.1 Å². The normalized spacial score (nSPS) is 14.5. The Morgan fingerprint density at radius 3 is 2.59 bits per heavy atom. The highest BCUT2D eigenvalue weighted by atomic mass is 19.4. The maximum absolute atomic E-state index is 12.8. The zero-order valence-electron chi connectivity index (χ0n) is 17.0. The van der Waals surface area contributed by atoms with E-state index in [1.54, 1.807) is 6.20 Å². The number of hydrogen-bond acceptors (Lipinski definition) is 4. The molecule has 2 aromatic carbocycles. The molecule has 0 radical (unpaired) electrons. The summed E-state index contributed by atoms with van der Waals surface area (Å²) in [5.41, 5.74) is 2.83. The molecule has 5 nitrogen and oxygen atoms in total. The van der Waals surface area contributed by atoms with E-state index in [1.807, 2.05) is 30.3 Å². The number of H-pyrrole nitrogens is 1. The molecule has 1 N–H and O–H groups in total. The van der Waals surface area contributed by atoms with Gasteiger partial charge in [-0.3, -0.25) is 14.7 Å². The molecule has 0 bridgehead atoms. The fourth-order valence-electron chi connectivity index (χ4n) is 4.10. The molecule has 4 aromatic rings. The number of halogens is 3. The van der Waals surface area contributed by atoms with E-state index >= 15 is 0 Å². The molecule has 0 saturated carbocycles. The second-order valence-corrected chi connectivity index (χ2v) is 7.86. The summed E-state index contributed by atoms with van der Waals surface area (Å²) in [7, 11) is 0. The van der Waals surface area contributed by atoms with Crippen molar-refractivity contribution in [2.24, 2.45) is 0 Å². The van der Waals surface area contributed by atoms with E-state index in [4.69, 9.17) is 0 Å². The van der Waals surface area contributed by atoms with E-state index in [1.165, 1.54) is 12.1 Å². The van der Waals surface area contributed by atoms with Gasteiger partial charge in [-0.15, -0.1) is 0 Å². The molecule has 0 atom stereocenters. The predicted octanol–water partition coefficient (Wildman–Crippen LogP) is 4.56. The maximum atomic E-state index is 12.8. The predicted molar refractivity (Wildman–Crippen MR) is 115 cm³/mol. The Kier molecular flexibility index (Phi) is 5.01. The lowest BCUT2D eigenvalue weighted by molar-refractivity contribution is -0.137. The van der Waals surface area contributed by atoms with Gasteiger partial charge in [-0.25, -0.2) is 4.98 Å². The largest absolute Gasteiger partial charge is 0.416 e. The van der Waals surface area contributed by atoms with E-state index < -0.39 is 11.7 Å². The smallest absolute Gasteiger partial charge is 0.306 e. The average molecular weight is 436 g/mol. The summed E-state index contributed by atoms with van der Waals surface area (Å²) in [5, 5.41) is 1.09. The number of aromatic amines is 1. The Bertz CT molecular complexity index is 1340. The minimum atomic E-state index is -4.40. The van der Waals surface area contributed by atoms with Crippen LogP contribution >= 0.6 is 0 Å². The number of para-hydroxylation sites is 1. The second kappa shape index (κ2) is 7.87. The fraction of sp³-hybridized carbons (Fsp3) is 0.208. The number of pyridine rings is 1. The number of benzene rings is 2. The van der Waals surface area contributed by atoms with Gasteiger partial charge in [0.2, 0.25) is 0 Å². The van der Waals surface area contributed by atoms with Crippen LogP contribution in [0.15, 0.2) is 65.6 Å². The molecule has 2 aromatic heterocycles. The molecule has 8 heteroatoms. The molecule has 0 fully saturated rings. The molecule has 0 aliphatic carbocycles. The Labute approximate surface area is 181 Å². The summed E-state index contributed by atoms with van der Waals surface area (Å²) < 4.78 is 38.4. The van der Waals surface area contributed by atoms with Crippen LogP contribution in [0.2, 0.25) is 0 Å². The lowest BCUT2D eigenvalue weighted by Crippen LogP contribution is -2.35. The SMILES string of the molecule is O=c1[nH]c(-c2ccc(C(F)(F)F)cc2)nc2c1CN(Cc1ccnc3ccccc13)CC2. The van der Waals surface area contributed by atoms with Crippen LogP contribution in [-0.4, -0.2) is 26.4 Å². The minimum Gasteiger partial charge on any atom is -0.306 e. The molecular formula is C24H19F3N4O. The first-order chi connectivity index (χ1) is 15.4. The minimum absolute atomic E-state index is 0.255. The third-order valence-corrected chi connectivity index (χ3v) is 5.77. The third kappa shape index (κ3) is 3.89. The topological polar surface area (TPSA) is 61.9 Å². The van der Waals surface area contributed by atoms with Crippen molar-refractivity contribution in [3.05, 3.63) is 93.5 Å². The van der Waals surface area contributed by atoms with Crippen LogP contribution in [0.1, 0.15) is 22.4 Å². The van der Waals surface area contributed by atoms with Crippen molar-refractivity contribution in [1.82, 2.24) is 19.9 Å². The van der Waals surface area contributed by atoms with Gasteiger partial charge >= 0.3 is 6.18 Å². The molecule has 3 heterocycles. The molecule has 162 valence electrons. The summed E-state index contributed by atoms with van der Waals surface area (Å²) in [6.07, 6.45) is -2.02. The van der Waals surface area contributed by atoms with Gasteiger partial charge in [0.25, 0.3) is 5.56 Å². The maximum Gasteiger partial charge on any atom is 0.416 e. The molecule has 5 rings (SSSR count). The van der Waals surface area contributed by atoms with Crippen LogP contribution in [-0.2, 0) is 25.7 Å². The van der Waals surface area contributed by atoms with Crippen molar-refractivity contribution in [1.29, 1.82) is 0 Å². The van der Waals surface area contributed by atoms with Gasteiger partial charge in [-0.1, -0.05) is 30.3 Å². The number of aromatic nitrogens is 3. The number of nitrogens with one attached hydrogen (secondary N) is 1. The molecule has 0 amide bonds. The van der Waals surface area contributed by atoms with Crippen LogP contribution in [0.3, 0.4) is 0 Å². The number of rotatable bonds is 3. The summed E-state index contributed by atoms with van der Waals surface area (Å²) in [6, 6.07) is 14.6. The highest BCUT2D eigenvalue weighted by Gasteiger charge is 2.30. The molecule has 0 unspecified atom stereocenters. The monoisotopic (exact) mass is 436 g/mol. The first kappa shape index (κ1) is 20.4. The van der Waals surface area contributed by atoms with Crippen molar-refractivity contribution in [3.63, 3.8) is 0 Å². The van der Waals surface area contributed by atoms with E-state index in [-0.39, 0.29) is 11.4 Å². The number of hydrogen-bond donors (Lipinski definition) is 1. The second-order valence-electron chi connectivity index (χ2n) is 7.86. The number of fused-ring (bicyclic) bond motifs is 2. The van der Waals surface area contributed by atoms with Gasteiger partial charge in [-0.2, -0.15) is 13.2 Å². The van der Waals surface area contributed by atoms with E-state index in [0.29, 0.717) is 36.3 Å². The van der Waals surface area contributed by atoms with Crippen molar-refractivity contribution in [2.75, 3.05) is 6.54 Å². The fourth-order valence-corrected chi connectivity index (χ4v) is 4.10. The van der Waals surface area contributed by atoms with Crippen LogP contribution in [0.25, 0.3) is 22.3 Å². The van der Waals surface area contributed by atoms with Crippen LogP contribution in [0, 0.1) is 0 Å². The van der Waals surface area contributed by atoms with Crippen LogP contribution < -0.4 is 5.56 Å². The molecule has 1 aliphatic heterocycles. The summed E-state index contributed by atoms with van der Waals surface area (Å²) >= 11 is 0. The van der Waals surface area contributed by atoms with Gasteiger partial charge in [0.1, 0.15) is 5.82 Å². The average Bonchev–Trinajstić information content (AvgIpc) is 2.79. The Balaban J connectivity index is 1.39. The molecule has 32 heavy (non-hydrogen) atoms. The summed E-state index contributed by atoms with van der Waals surface area (Å²) in [4.78, 5) is 26.7. The highest BCUT2D eigenvalue weighted by Crippen LogP contribution is 2.30. The first-order valence-corrected chi connectivity index (χ1v) is 10.2. The van der Waals surface area contributed by atoms with Gasteiger partial charge in [-0.05, 0) is 29.8 Å². The van der Waals surface area contributed by atoms with E-state index in [2.05, 4.69) is 19.9 Å². The molecule has 0 spiro atoms. The summed E-state index contributed by atoms with van der Waals surface area (Å²) in [6.45, 7) is 1.87. The number of alkyl halides is 3. The lowest BCUT2D eigenvalue weighted by atomic mass is 10.0. The van der Waals surface area contributed by atoms with Crippen LogP contribution in [0.5, 0.6) is 0 Å². The third-order valence-electron chi connectivity index (χ3n) is 5.77. The van der Waals surface area contributed by atoms with E-state index in [9.17, 15) is 18.0 Å². The zero-order valence-corrected chi connectivity index (χ0v) is 17.0. The van der Waals surface area contributed by atoms with Gasteiger partial charge in [0, 0.05) is 43.2 Å². The lowest BCUT2D eigenvalue weighted by Gasteiger charge is -2.28. The van der Waals surface area contributed by atoms with Crippen molar-refractivity contribution in [2.45, 2.75) is 25.7 Å². The Hall–Kier alpha value is -3.52. The molecular weight excluding hydrogens is 417 g/mol. The Morgan fingerprint density at radius 1 is 1.03 bits per heavy atom. The van der Waals surface area contributed by atoms with Crippen molar-refractivity contribution >= 4 is 10.9 Å². The quantitative estimate of drug-likeness (QED) is 0.511. The highest BCUT2D eigenvalue weighted by molar-refractivity contribution is 5.81. The first-order valence-electron chi connectivity index (χ1n) is 10.2. The van der Waals surface area contributed by atoms with Gasteiger partial charge < -0.3 is 4.98 Å². The van der Waals surface area contributed by atoms with Crippen LogP contribution in [0.4, 0.5) is 13.2 Å². The summed E-state index contributed by atoms with van der Waals surface area (Å²) in [5.74, 6) is 0.288.